The van der Waals surface area contributed by atoms with Gasteiger partial charge in [-0.15, -0.1) is 0 Å². The van der Waals surface area contributed by atoms with E-state index < -0.39 is 10.0 Å². The Morgan fingerprint density at radius 3 is 2.47 bits per heavy atom. The van der Waals surface area contributed by atoms with E-state index >= 15 is 0 Å². The van der Waals surface area contributed by atoms with Crippen molar-refractivity contribution in [2.24, 2.45) is 0 Å². The van der Waals surface area contributed by atoms with E-state index in [1.807, 2.05) is 6.92 Å². The number of imidazole rings is 1. The molecule has 7 heteroatoms. The average molecular weight is 280 g/mol. The molecule has 0 aliphatic heterocycles. The van der Waals surface area contributed by atoms with Gasteiger partial charge in [-0.25, -0.2) is 4.98 Å². The van der Waals surface area contributed by atoms with Crippen molar-refractivity contribution in [1.29, 1.82) is 0 Å². The van der Waals surface area contributed by atoms with E-state index in [0.717, 1.165) is 0 Å². The van der Waals surface area contributed by atoms with E-state index in [4.69, 9.17) is 5.73 Å². The molecule has 1 aromatic carbocycles. The Balaban J connectivity index is 2.36. The predicted molar refractivity (Wildman–Crippen MR) is 74.3 cm³/mol. The van der Waals surface area contributed by atoms with Gasteiger partial charge in [0.05, 0.1) is 12.0 Å². The zero-order chi connectivity index (χ0) is 14.0. The third-order valence-electron chi connectivity index (χ3n) is 2.86. The molecule has 0 bridgehead atoms. The average Bonchev–Trinajstić information content (AvgIpc) is 2.88. The fourth-order valence-corrected chi connectivity index (χ4v) is 2.74. The number of hydrogen-bond acceptors (Lipinski definition) is 4. The summed E-state index contributed by atoms with van der Waals surface area (Å²) in [6.45, 7) is 2.59. The number of benzene rings is 1. The van der Waals surface area contributed by atoms with Crippen LogP contribution in [0.1, 0.15) is 6.92 Å². The highest BCUT2D eigenvalue weighted by molar-refractivity contribution is 7.92. The van der Waals surface area contributed by atoms with E-state index in [1.165, 1.54) is 23.9 Å². The van der Waals surface area contributed by atoms with Crippen LogP contribution in [0.5, 0.6) is 0 Å². The van der Waals surface area contributed by atoms with Crippen LogP contribution in [-0.4, -0.2) is 25.0 Å². The minimum absolute atomic E-state index is 0.0358. The summed E-state index contributed by atoms with van der Waals surface area (Å²) < 4.78 is 27.6. The van der Waals surface area contributed by atoms with Crippen molar-refractivity contribution in [1.82, 2.24) is 9.55 Å². The summed E-state index contributed by atoms with van der Waals surface area (Å²) in [6, 6.07) is 6.63. The molecule has 2 N–H and O–H groups in total. The quantitative estimate of drug-likeness (QED) is 0.856. The van der Waals surface area contributed by atoms with Crippen molar-refractivity contribution in [3.8, 4) is 0 Å². The van der Waals surface area contributed by atoms with Crippen LogP contribution in [0, 0.1) is 0 Å². The second-order valence-corrected chi connectivity index (χ2v) is 6.02. The molecule has 0 unspecified atom stereocenters. The zero-order valence-corrected chi connectivity index (χ0v) is 11.6. The van der Waals surface area contributed by atoms with Crippen LogP contribution in [0.15, 0.2) is 41.8 Å². The summed E-state index contributed by atoms with van der Waals surface area (Å²) in [4.78, 5) is 3.93. The third kappa shape index (κ3) is 2.55. The molecule has 6 nitrogen and oxygen atoms in total. The molecule has 0 aliphatic rings. The first kappa shape index (κ1) is 13.4. The molecule has 1 heterocycles. The predicted octanol–water partition coefficient (Wildman–Crippen LogP) is 1.31. The van der Waals surface area contributed by atoms with Gasteiger partial charge in [0.2, 0.25) is 0 Å². The van der Waals surface area contributed by atoms with Crippen molar-refractivity contribution in [2.75, 3.05) is 17.1 Å². The standard InChI is InChI=1S/C12H16N4O2S/c1-3-16-8-12(14-9-16)19(17,18)15(2)11-6-4-10(13)5-7-11/h4-9H,3,13H2,1-2H3. The number of nitrogens with zero attached hydrogens (tertiary/aromatic N) is 3. The number of anilines is 2. The SMILES string of the molecule is CCn1cnc(S(=O)(=O)N(C)c2ccc(N)cc2)c1. The summed E-state index contributed by atoms with van der Waals surface area (Å²) in [5.74, 6) is 0. The van der Waals surface area contributed by atoms with Crippen molar-refractivity contribution in [3.05, 3.63) is 36.8 Å². The Bertz CT molecular complexity index is 661. The number of aromatic nitrogens is 2. The van der Waals surface area contributed by atoms with Gasteiger partial charge in [-0.3, -0.25) is 4.31 Å². The van der Waals surface area contributed by atoms with E-state index in [1.54, 1.807) is 28.8 Å². The summed E-state index contributed by atoms with van der Waals surface area (Å²) in [6.07, 6.45) is 3.02. The topological polar surface area (TPSA) is 81.2 Å². The van der Waals surface area contributed by atoms with Gasteiger partial charge < -0.3 is 10.3 Å². The molecule has 102 valence electrons. The first-order valence-corrected chi connectivity index (χ1v) is 7.25. The Hall–Kier alpha value is -2.02. The molecule has 0 aliphatic carbocycles. The van der Waals surface area contributed by atoms with Gasteiger partial charge in [0.1, 0.15) is 0 Å². The molecule has 2 aromatic rings. The smallest absolute Gasteiger partial charge is 0.283 e. The van der Waals surface area contributed by atoms with Gasteiger partial charge in [0, 0.05) is 25.5 Å². The lowest BCUT2D eigenvalue weighted by Crippen LogP contribution is -2.26. The molecule has 0 spiro atoms. The Kier molecular flexibility index (Phi) is 3.48. The molecule has 0 fully saturated rings. The van der Waals surface area contributed by atoms with Crippen LogP contribution in [0.25, 0.3) is 0 Å². The van der Waals surface area contributed by atoms with Crippen LogP contribution < -0.4 is 10.0 Å². The molecule has 0 radical (unpaired) electrons. The lowest BCUT2D eigenvalue weighted by molar-refractivity contribution is 0.591. The first-order chi connectivity index (χ1) is 8.95. The van der Waals surface area contributed by atoms with Crippen LogP contribution >= 0.6 is 0 Å². The van der Waals surface area contributed by atoms with Gasteiger partial charge in [-0.05, 0) is 31.2 Å². The minimum atomic E-state index is -3.63. The molecule has 1 aromatic heterocycles. The van der Waals surface area contributed by atoms with Crippen molar-refractivity contribution < 1.29 is 8.42 Å². The second kappa shape index (κ2) is 4.93. The van der Waals surface area contributed by atoms with Gasteiger partial charge in [-0.2, -0.15) is 8.42 Å². The Morgan fingerprint density at radius 2 is 1.95 bits per heavy atom. The van der Waals surface area contributed by atoms with Crippen molar-refractivity contribution in [2.45, 2.75) is 18.5 Å². The summed E-state index contributed by atoms with van der Waals surface area (Å²) in [5.41, 5.74) is 6.71. The highest BCUT2D eigenvalue weighted by atomic mass is 32.2. The third-order valence-corrected chi connectivity index (χ3v) is 4.53. The molecule has 0 saturated carbocycles. The number of nitrogen functional groups attached to an aromatic ring is 1. The molecule has 0 amide bonds. The summed E-state index contributed by atoms with van der Waals surface area (Å²) >= 11 is 0. The lowest BCUT2D eigenvalue weighted by atomic mass is 10.3. The van der Waals surface area contributed by atoms with Gasteiger partial charge in [0.15, 0.2) is 5.03 Å². The second-order valence-electron chi connectivity index (χ2n) is 4.11. The number of rotatable bonds is 4. The molecule has 19 heavy (non-hydrogen) atoms. The van der Waals surface area contributed by atoms with Gasteiger partial charge in [0.25, 0.3) is 10.0 Å². The van der Waals surface area contributed by atoms with Crippen LogP contribution in [0.4, 0.5) is 11.4 Å². The summed E-state index contributed by atoms with van der Waals surface area (Å²) in [7, 11) is -2.14. The number of sulfonamides is 1. The monoisotopic (exact) mass is 280 g/mol. The molecule has 0 atom stereocenters. The molecular weight excluding hydrogens is 264 g/mol. The maximum absolute atomic E-state index is 12.4. The number of aryl methyl sites for hydroxylation is 1. The maximum Gasteiger partial charge on any atom is 0.283 e. The lowest BCUT2D eigenvalue weighted by Gasteiger charge is -2.18. The van der Waals surface area contributed by atoms with Crippen molar-refractivity contribution in [3.63, 3.8) is 0 Å². The van der Waals surface area contributed by atoms with Crippen LogP contribution in [-0.2, 0) is 16.6 Å². The Labute approximate surface area is 112 Å². The maximum atomic E-state index is 12.4. The minimum Gasteiger partial charge on any atom is -0.399 e. The van der Waals surface area contributed by atoms with Crippen LogP contribution in [0.2, 0.25) is 0 Å². The highest BCUT2D eigenvalue weighted by Gasteiger charge is 2.23. The molecule has 0 saturated heterocycles. The molecular formula is C12H16N4O2S. The van der Waals surface area contributed by atoms with E-state index in [2.05, 4.69) is 4.98 Å². The molecule has 2 rings (SSSR count). The highest BCUT2D eigenvalue weighted by Crippen LogP contribution is 2.21. The first-order valence-electron chi connectivity index (χ1n) is 5.81. The number of nitrogens with two attached hydrogens (primary N) is 1. The van der Waals surface area contributed by atoms with Crippen molar-refractivity contribution >= 4 is 21.4 Å². The van der Waals surface area contributed by atoms with Gasteiger partial charge >= 0.3 is 0 Å². The fourth-order valence-electron chi connectivity index (χ4n) is 1.61. The number of hydrogen-bond donors (Lipinski definition) is 1. The van der Waals surface area contributed by atoms with E-state index in [-0.39, 0.29) is 5.03 Å². The fraction of sp³-hybridized carbons (Fsp3) is 0.250. The Morgan fingerprint density at radius 1 is 1.32 bits per heavy atom. The van der Waals surface area contributed by atoms with Gasteiger partial charge in [-0.1, -0.05) is 0 Å². The van der Waals surface area contributed by atoms with E-state index in [9.17, 15) is 8.42 Å². The largest absolute Gasteiger partial charge is 0.399 e. The van der Waals surface area contributed by atoms with E-state index in [0.29, 0.717) is 17.9 Å². The van der Waals surface area contributed by atoms with Crippen LogP contribution in [0.3, 0.4) is 0 Å². The normalized spacial score (nSPS) is 11.5. The summed E-state index contributed by atoms with van der Waals surface area (Å²) in [5, 5.41) is 0.0358. The zero-order valence-electron chi connectivity index (χ0n) is 10.8.